The maximum absolute atomic E-state index is 12.4. The van der Waals surface area contributed by atoms with Gasteiger partial charge in [0.05, 0.1) is 20.9 Å². The topological polar surface area (TPSA) is 71.1 Å². The average molecular weight is 377 g/mol. The van der Waals surface area contributed by atoms with Crippen molar-refractivity contribution in [2.24, 2.45) is 0 Å². The highest BCUT2D eigenvalue weighted by atomic mass is 79.9. The third kappa shape index (κ3) is 3.05. The van der Waals surface area contributed by atoms with Crippen LogP contribution in [0.15, 0.2) is 46.0 Å². The lowest BCUT2D eigenvalue weighted by molar-refractivity contribution is 0.598. The largest absolute Gasteiger partial charge is 0.386 e. The molecule has 0 unspecified atom stereocenters. The number of sulfonamides is 1. The number of anilines is 2. The van der Waals surface area contributed by atoms with Gasteiger partial charge in [0, 0.05) is 13.2 Å². The van der Waals surface area contributed by atoms with Crippen LogP contribution in [0.1, 0.15) is 0 Å². The zero-order valence-electron chi connectivity index (χ0n) is 10.4. The first-order chi connectivity index (χ1) is 9.45. The van der Waals surface area contributed by atoms with Gasteiger partial charge < -0.3 is 5.32 Å². The van der Waals surface area contributed by atoms with Gasteiger partial charge in [0.1, 0.15) is 0 Å². The quantitative estimate of drug-likeness (QED) is 0.858. The third-order valence-corrected chi connectivity index (χ3v) is 5.21. The minimum atomic E-state index is -3.81. The second-order valence-corrected chi connectivity index (χ2v) is 6.61. The van der Waals surface area contributed by atoms with E-state index in [0.29, 0.717) is 20.9 Å². The van der Waals surface area contributed by atoms with Crippen LogP contribution < -0.4 is 10.0 Å². The molecule has 2 N–H and O–H groups in total. The monoisotopic (exact) mass is 375 g/mol. The van der Waals surface area contributed by atoms with E-state index in [9.17, 15) is 8.42 Å². The molecular formula is C12H11BrClN3O2S. The highest BCUT2D eigenvalue weighted by Gasteiger charge is 2.21. The molecule has 0 fully saturated rings. The Morgan fingerprint density at radius 2 is 1.90 bits per heavy atom. The van der Waals surface area contributed by atoms with Crippen LogP contribution in [0.5, 0.6) is 0 Å². The van der Waals surface area contributed by atoms with E-state index >= 15 is 0 Å². The molecule has 1 heterocycles. The fourth-order valence-electron chi connectivity index (χ4n) is 1.57. The molecule has 0 spiro atoms. The summed E-state index contributed by atoms with van der Waals surface area (Å²) in [7, 11) is -2.18. The Morgan fingerprint density at radius 3 is 2.60 bits per heavy atom. The molecule has 20 heavy (non-hydrogen) atoms. The van der Waals surface area contributed by atoms with Crippen LogP contribution in [0.3, 0.4) is 0 Å². The van der Waals surface area contributed by atoms with Crippen molar-refractivity contribution in [2.45, 2.75) is 5.03 Å². The molecule has 0 atom stereocenters. The van der Waals surface area contributed by atoms with E-state index in [1.54, 1.807) is 37.4 Å². The SMILES string of the molecule is CNc1cccnc1S(=O)(=O)Nc1cccc(Cl)c1Br. The molecule has 0 saturated carbocycles. The molecule has 0 aliphatic rings. The molecule has 0 bridgehead atoms. The van der Waals surface area contributed by atoms with Gasteiger partial charge in [-0.15, -0.1) is 0 Å². The number of hydrogen-bond donors (Lipinski definition) is 2. The standard InChI is InChI=1S/C12H11BrClN3O2S/c1-15-10-6-3-7-16-12(10)20(18,19)17-9-5-2-4-8(14)11(9)13/h2-7,15,17H,1H3. The highest BCUT2D eigenvalue weighted by Crippen LogP contribution is 2.32. The zero-order valence-corrected chi connectivity index (χ0v) is 13.6. The molecule has 1 aromatic heterocycles. The number of hydrogen-bond acceptors (Lipinski definition) is 4. The van der Waals surface area contributed by atoms with Crippen molar-refractivity contribution in [3.63, 3.8) is 0 Å². The number of aromatic nitrogens is 1. The van der Waals surface area contributed by atoms with Crippen LogP contribution in [0.2, 0.25) is 5.02 Å². The molecule has 0 aliphatic carbocycles. The minimum Gasteiger partial charge on any atom is -0.386 e. The van der Waals surface area contributed by atoms with Crippen molar-refractivity contribution >= 4 is 48.9 Å². The molecule has 106 valence electrons. The maximum atomic E-state index is 12.4. The van der Waals surface area contributed by atoms with Crippen LogP contribution in [0.4, 0.5) is 11.4 Å². The molecule has 0 radical (unpaired) electrons. The molecule has 2 aromatic rings. The zero-order chi connectivity index (χ0) is 14.8. The summed E-state index contributed by atoms with van der Waals surface area (Å²) >= 11 is 9.18. The van der Waals surface area contributed by atoms with Crippen molar-refractivity contribution in [3.05, 3.63) is 46.0 Å². The maximum Gasteiger partial charge on any atom is 0.281 e. The number of nitrogens with one attached hydrogen (secondary N) is 2. The lowest BCUT2D eigenvalue weighted by atomic mass is 10.3. The third-order valence-electron chi connectivity index (χ3n) is 2.49. The van der Waals surface area contributed by atoms with E-state index in [1.807, 2.05) is 0 Å². The van der Waals surface area contributed by atoms with Gasteiger partial charge in [0.15, 0.2) is 5.03 Å². The van der Waals surface area contributed by atoms with Crippen LogP contribution in [0, 0.1) is 0 Å². The molecule has 2 rings (SSSR count). The number of nitrogens with zero attached hydrogens (tertiary/aromatic N) is 1. The van der Waals surface area contributed by atoms with Gasteiger partial charge in [0.2, 0.25) is 0 Å². The fourth-order valence-corrected chi connectivity index (χ4v) is 3.46. The predicted octanol–water partition coefficient (Wildman–Crippen LogP) is 3.34. The summed E-state index contributed by atoms with van der Waals surface area (Å²) in [6, 6.07) is 8.20. The Bertz CT molecular complexity index is 737. The van der Waals surface area contributed by atoms with E-state index in [1.165, 1.54) is 6.20 Å². The smallest absolute Gasteiger partial charge is 0.281 e. The van der Waals surface area contributed by atoms with Crippen LogP contribution in [-0.2, 0) is 10.0 Å². The minimum absolute atomic E-state index is 0.0747. The number of pyridine rings is 1. The van der Waals surface area contributed by atoms with Crippen molar-refractivity contribution in [2.75, 3.05) is 17.1 Å². The van der Waals surface area contributed by atoms with Crippen molar-refractivity contribution < 1.29 is 8.42 Å². The van der Waals surface area contributed by atoms with Crippen molar-refractivity contribution in [1.29, 1.82) is 0 Å². The van der Waals surface area contributed by atoms with Gasteiger partial charge in [-0.2, -0.15) is 8.42 Å². The van der Waals surface area contributed by atoms with Crippen molar-refractivity contribution in [1.82, 2.24) is 4.98 Å². The summed E-state index contributed by atoms with van der Waals surface area (Å²) < 4.78 is 27.7. The van der Waals surface area contributed by atoms with E-state index < -0.39 is 10.0 Å². The molecule has 0 amide bonds. The summed E-state index contributed by atoms with van der Waals surface area (Å²) in [5.41, 5.74) is 0.767. The summed E-state index contributed by atoms with van der Waals surface area (Å²) in [5, 5.41) is 3.14. The molecular weight excluding hydrogens is 366 g/mol. The Kier molecular flexibility index (Phi) is 4.52. The summed E-state index contributed by atoms with van der Waals surface area (Å²) in [5.74, 6) is 0. The Hall–Kier alpha value is -1.31. The fraction of sp³-hybridized carbons (Fsp3) is 0.0833. The Labute approximate surface area is 130 Å². The first kappa shape index (κ1) is 15.1. The van der Waals surface area contributed by atoms with Gasteiger partial charge in [-0.25, -0.2) is 4.98 Å². The number of benzene rings is 1. The van der Waals surface area contributed by atoms with Gasteiger partial charge >= 0.3 is 0 Å². The van der Waals surface area contributed by atoms with E-state index in [-0.39, 0.29) is 5.03 Å². The van der Waals surface area contributed by atoms with E-state index in [4.69, 9.17) is 11.6 Å². The second-order valence-electron chi connectivity index (χ2n) is 3.81. The molecule has 8 heteroatoms. The summed E-state index contributed by atoms with van der Waals surface area (Å²) in [4.78, 5) is 3.91. The Morgan fingerprint density at radius 1 is 1.20 bits per heavy atom. The van der Waals surface area contributed by atoms with Gasteiger partial charge in [0.25, 0.3) is 10.0 Å². The molecule has 0 aliphatic heterocycles. The lowest BCUT2D eigenvalue weighted by Gasteiger charge is -2.12. The first-order valence-corrected chi connectivity index (χ1v) is 8.20. The molecule has 0 saturated heterocycles. The summed E-state index contributed by atoms with van der Waals surface area (Å²) in [6.45, 7) is 0. The number of rotatable bonds is 4. The number of halogens is 2. The van der Waals surface area contributed by atoms with E-state index in [2.05, 4.69) is 31.0 Å². The lowest BCUT2D eigenvalue weighted by Crippen LogP contribution is -2.16. The van der Waals surface area contributed by atoms with Crippen LogP contribution >= 0.6 is 27.5 Å². The molecule has 1 aromatic carbocycles. The van der Waals surface area contributed by atoms with Gasteiger partial charge in [-0.1, -0.05) is 17.7 Å². The van der Waals surface area contributed by atoms with Crippen LogP contribution in [-0.4, -0.2) is 20.4 Å². The second kappa shape index (κ2) is 5.99. The van der Waals surface area contributed by atoms with E-state index in [0.717, 1.165) is 0 Å². The van der Waals surface area contributed by atoms with Gasteiger partial charge in [-0.3, -0.25) is 4.72 Å². The first-order valence-electron chi connectivity index (χ1n) is 5.55. The normalized spacial score (nSPS) is 11.2. The van der Waals surface area contributed by atoms with Crippen LogP contribution in [0.25, 0.3) is 0 Å². The highest BCUT2D eigenvalue weighted by molar-refractivity contribution is 9.10. The van der Waals surface area contributed by atoms with Gasteiger partial charge in [-0.05, 0) is 40.2 Å². The predicted molar refractivity (Wildman–Crippen MR) is 83.7 cm³/mol. The average Bonchev–Trinajstić information content (AvgIpc) is 2.43. The van der Waals surface area contributed by atoms with Crippen molar-refractivity contribution in [3.8, 4) is 0 Å². The molecule has 5 nitrogen and oxygen atoms in total. The summed E-state index contributed by atoms with van der Waals surface area (Å²) in [6.07, 6.45) is 1.42. The Balaban J connectivity index is 2.44.